The number of nitrogens with two attached hydrogens (primary N) is 1. The molecule has 0 radical (unpaired) electrons. The summed E-state index contributed by atoms with van der Waals surface area (Å²) in [5.41, 5.74) is 6.60. The second-order valence-corrected chi connectivity index (χ2v) is 7.74. The van der Waals surface area contributed by atoms with Crippen LogP contribution in [0.5, 0.6) is 0 Å². The predicted octanol–water partition coefficient (Wildman–Crippen LogP) is 1.99. The molecule has 3 aromatic rings. The van der Waals surface area contributed by atoms with Crippen molar-refractivity contribution < 1.29 is 14.4 Å². The molecule has 9 heteroatoms. The average molecular weight is 422 g/mol. The molecule has 0 fully saturated rings. The van der Waals surface area contributed by atoms with Crippen LogP contribution in [0.25, 0.3) is 5.69 Å². The van der Waals surface area contributed by atoms with Gasteiger partial charge in [0.2, 0.25) is 17.7 Å². The van der Waals surface area contributed by atoms with Crippen molar-refractivity contribution in [3.8, 4) is 5.69 Å². The highest BCUT2D eigenvalue weighted by Crippen LogP contribution is 2.52. The van der Waals surface area contributed by atoms with Gasteiger partial charge in [0, 0.05) is 22.7 Å². The van der Waals surface area contributed by atoms with Crippen molar-refractivity contribution in [2.45, 2.75) is 11.8 Å². The Bertz CT molecular complexity index is 1220. The van der Waals surface area contributed by atoms with Gasteiger partial charge in [-0.1, -0.05) is 29.8 Å². The molecular weight excluding hydrogens is 406 g/mol. The van der Waals surface area contributed by atoms with E-state index < -0.39 is 11.3 Å². The Kier molecular flexibility index (Phi) is 3.94. The van der Waals surface area contributed by atoms with Crippen LogP contribution in [0.15, 0.2) is 54.7 Å². The van der Waals surface area contributed by atoms with Crippen LogP contribution in [0.3, 0.4) is 0 Å². The summed E-state index contributed by atoms with van der Waals surface area (Å²) in [6, 6.07) is 14.1. The second-order valence-electron chi connectivity index (χ2n) is 7.30. The van der Waals surface area contributed by atoms with E-state index >= 15 is 0 Å². The maximum Gasteiger partial charge on any atom is 0.243 e. The summed E-state index contributed by atoms with van der Waals surface area (Å²) in [4.78, 5) is 39.4. The van der Waals surface area contributed by atoms with Crippen molar-refractivity contribution >= 4 is 40.8 Å². The fraction of sp³-hybridized carbons (Fsp3) is 0.143. The summed E-state index contributed by atoms with van der Waals surface area (Å²) >= 11 is 5.98. The van der Waals surface area contributed by atoms with Gasteiger partial charge in [-0.3, -0.25) is 14.4 Å². The number of nitrogens with zero attached hydrogens (tertiary/aromatic N) is 3. The van der Waals surface area contributed by atoms with Crippen molar-refractivity contribution in [1.29, 1.82) is 0 Å². The number of para-hydroxylation sites is 1. The molecule has 0 bridgehead atoms. The molecule has 30 heavy (non-hydrogen) atoms. The van der Waals surface area contributed by atoms with Crippen molar-refractivity contribution in [1.82, 2.24) is 9.78 Å². The largest absolute Gasteiger partial charge is 0.368 e. The van der Waals surface area contributed by atoms with E-state index in [2.05, 4.69) is 10.4 Å². The highest BCUT2D eigenvalue weighted by Gasteiger charge is 2.57. The van der Waals surface area contributed by atoms with Crippen LogP contribution in [-0.2, 0) is 19.8 Å². The Hall–Kier alpha value is -3.65. The first-order valence-electron chi connectivity index (χ1n) is 9.26. The number of carbonyl (C=O) groups is 3. The first-order valence-corrected chi connectivity index (χ1v) is 9.63. The molecule has 0 unspecified atom stereocenters. The molecule has 2 aliphatic rings. The van der Waals surface area contributed by atoms with Gasteiger partial charge in [0.25, 0.3) is 0 Å². The number of hydrogen-bond acceptors (Lipinski definition) is 4. The van der Waals surface area contributed by atoms with Crippen molar-refractivity contribution in [2.75, 3.05) is 16.8 Å². The van der Waals surface area contributed by atoms with Crippen molar-refractivity contribution in [3.05, 3.63) is 70.9 Å². The zero-order chi connectivity index (χ0) is 21.0. The molecule has 8 nitrogen and oxygen atoms in total. The second kappa shape index (κ2) is 6.43. The number of fused-ring (bicyclic) bond motifs is 4. The minimum Gasteiger partial charge on any atom is -0.368 e. The maximum absolute atomic E-state index is 13.7. The van der Waals surface area contributed by atoms with E-state index in [0.29, 0.717) is 33.3 Å². The smallest absolute Gasteiger partial charge is 0.243 e. The SMILES string of the molecule is NC(=O)CN1C(=O)[C@]2(CC(=O)Nc3c2cnn3-c2ccc(Cl)cc2)c2ccccc21. The van der Waals surface area contributed by atoms with Gasteiger partial charge >= 0.3 is 0 Å². The third-order valence-corrected chi connectivity index (χ3v) is 5.81. The van der Waals surface area contributed by atoms with Gasteiger partial charge in [0.15, 0.2) is 0 Å². The maximum atomic E-state index is 13.7. The zero-order valence-corrected chi connectivity index (χ0v) is 16.4. The molecule has 3 amide bonds. The lowest BCUT2D eigenvalue weighted by Crippen LogP contribution is -2.48. The van der Waals surface area contributed by atoms with E-state index in [9.17, 15) is 14.4 Å². The van der Waals surface area contributed by atoms with Crippen molar-refractivity contribution in [3.63, 3.8) is 0 Å². The van der Waals surface area contributed by atoms with E-state index in [1.54, 1.807) is 59.4 Å². The van der Waals surface area contributed by atoms with Crippen LogP contribution >= 0.6 is 11.6 Å². The van der Waals surface area contributed by atoms with Gasteiger partial charge < -0.3 is 16.0 Å². The molecule has 0 saturated heterocycles. The topological polar surface area (TPSA) is 110 Å². The molecule has 1 spiro atoms. The summed E-state index contributed by atoms with van der Waals surface area (Å²) in [6.45, 7) is -0.264. The Morgan fingerprint density at radius 2 is 1.87 bits per heavy atom. The minimum absolute atomic E-state index is 0.0859. The number of aromatic nitrogens is 2. The standard InChI is InChI=1S/C21H16ClN5O3/c22-12-5-7-13(8-6-12)27-19-15(10-24-27)21(9-18(29)25-19)14-3-1-2-4-16(14)26(20(21)30)11-17(23)28/h1-8,10H,9,11H2,(H2,23,28)(H,25,29)/t21-/m1/s1. The van der Waals surface area contributed by atoms with E-state index in [1.807, 2.05) is 0 Å². The number of rotatable bonds is 3. The minimum atomic E-state index is -1.27. The van der Waals surface area contributed by atoms with Gasteiger partial charge in [0.1, 0.15) is 17.8 Å². The van der Waals surface area contributed by atoms with Gasteiger partial charge in [-0.15, -0.1) is 0 Å². The number of anilines is 2. The summed E-state index contributed by atoms with van der Waals surface area (Å²) < 4.78 is 1.57. The number of carbonyl (C=O) groups excluding carboxylic acids is 3. The van der Waals surface area contributed by atoms with E-state index in [0.717, 1.165) is 0 Å². The number of benzene rings is 2. The first kappa shape index (κ1) is 18.4. The van der Waals surface area contributed by atoms with E-state index in [-0.39, 0.29) is 24.8 Å². The number of halogens is 1. The lowest BCUT2D eigenvalue weighted by molar-refractivity contribution is -0.127. The third kappa shape index (κ3) is 2.47. The molecule has 3 heterocycles. The van der Waals surface area contributed by atoms with Gasteiger partial charge in [-0.05, 0) is 35.9 Å². The molecular formula is C21H16ClN5O3. The van der Waals surface area contributed by atoms with Crippen LogP contribution in [0.2, 0.25) is 5.02 Å². The number of amides is 3. The summed E-state index contributed by atoms with van der Waals surface area (Å²) in [6.07, 6.45) is 1.50. The van der Waals surface area contributed by atoms with Crippen LogP contribution in [-0.4, -0.2) is 34.0 Å². The molecule has 3 N–H and O–H groups in total. The molecule has 150 valence electrons. The highest BCUT2D eigenvalue weighted by molar-refractivity contribution is 6.30. The summed E-state index contributed by atoms with van der Waals surface area (Å²) in [7, 11) is 0. The number of nitrogens with one attached hydrogen (secondary N) is 1. The fourth-order valence-electron chi connectivity index (χ4n) is 4.34. The van der Waals surface area contributed by atoms with Crippen molar-refractivity contribution in [2.24, 2.45) is 5.73 Å². The normalized spacial score (nSPS) is 19.6. The third-order valence-electron chi connectivity index (χ3n) is 5.56. The average Bonchev–Trinajstić information content (AvgIpc) is 3.23. The van der Waals surface area contributed by atoms with E-state index in [1.165, 1.54) is 4.90 Å². The van der Waals surface area contributed by atoms with Crippen LogP contribution in [0.1, 0.15) is 17.5 Å². The number of primary amides is 1. The summed E-state index contributed by atoms with van der Waals surface area (Å²) in [5, 5.41) is 7.86. The summed E-state index contributed by atoms with van der Waals surface area (Å²) in [5.74, 6) is -0.901. The molecule has 2 aromatic carbocycles. The zero-order valence-electron chi connectivity index (χ0n) is 15.6. The Balaban J connectivity index is 1.73. The van der Waals surface area contributed by atoms with Crippen LogP contribution in [0, 0.1) is 0 Å². The first-order chi connectivity index (χ1) is 14.4. The Labute approximate surface area is 176 Å². The molecule has 5 rings (SSSR count). The molecule has 0 saturated carbocycles. The van der Waals surface area contributed by atoms with Gasteiger partial charge in [-0.2, -0.15) is 5.10 Å². The molecule has 2 aliphatic heterocycles. The van der Waals surface area contributed by atoms with Crippen LogP contribution in [0.4, 0.5) is 11.5 Å². The van der Waals surface area contributed by atoms with Gasteiger partial charge in [-0.25, -0.2) is 4.68 Å². The Morgan fingerprint density at radius 3 is 2.60 bits per heavy atom. The van der Waals surface area contributed by atoms with E-state index in [4.69, 9.17) is 17.3 Å². The monoisotopic (exact) mass is 421 g/mol. The quantitative estimate of drug-likeness (QED) is 0.673. The number of hydrogen-bond donors (Lipinski definition) is 2. The van der Waals surface area contributed by atoms with Gasteiger partial charge in [0.05, 0.1) is 11.9 Å². The lowest BCUT2D eigenvalue weighted by atomic mass is 9.72. The fourth-order valence-corrected chi connectivity index (χ4v) is 4.47. The molecule has 1 atom stereocenters. The highest BCUT2D eigenvalue weighted by atomic mass is 35.5. The predicted molar refractivity (Wildman–Crippen MR) is 111 cm³/mol. The lowest BCUT2D eigenvalue weighted by Gasteiger charge is -2.32. The Morgan fingerprint density at radius 1 is 1.13 bits per heavy atom. The molecule has 1 aromatic heterocycles. The van der Waals surface area contributed by atoms with Crippen LogP contribution < -0.4 is 16.0 Å². The molecule has 0 aliphatic carbocycles.